The standard InChI is InChI=1S/C19H21F3N2O2/c1-3-13(4-2)17(25)24-12-14-7-6-10-23-18(14)26-16-9-5-8-15(11-16)19(20,21)22/h5-11,13H,3-4,12H2,1-2H3,(H,24,25). The van der Waals surface area contributed by atoms with Crippen LogP contribution in [0, 0.1) is 5.92 Å². The average molecular weight is 366 g/mol. The molecule has 26 heavy (non-hydrogen) atoms. The van der Waals surface area contributed by atoms with Crippen molar-refractivity contribution >= 4 is 5.91 Å². The van der Waals surface area contributed by atoms with E-state index in [4.69, 9.17) is 4.74 Å². The third kappa shape index (κ3) is 5.21. The van der Waals surface area contributed by atoms with Crippen molar-refractivity contribution in [2.45, 2.75) is 39.4 Å². The molecule has 140 valence electrons. The molecule has 1 aromatic heterocycles. The van der Waals surface area contributed by atoms with Gasteiger partial charge in [-0.05, 0) is 37.1 Å². The largest absolute Gasteiger partial charge is 0.439 e. The van der Waals surface area contributed by atoms with E-state index in [0.29, 0.717) is 5.56 Å². The van der Waals surface area contributed by atoms with Gasteiger partial charge in [-0.15, -0.1) is 0 Å². The van der Waals surface area contributed by atoms with Gasteiger partial charge in [-0.3, -0.25) is 4.79 Å². The number of hydrogen-bond acceptors (Lipinski definition) is 3. The zero-order valence-electron chi connectivity index (χ0n) is 14.6. The predicted molar refractivity (Wildman–Crippen MR) is 91.7 cm³/mol. The van der Waals surface area contributed by atoms with Crippen LogP contribution in [0.2, 0.25) is 0 Å². The normalized spacial score (nSPS) is 11.5. The Hall–Kier alpha value is -2.57. The number of carbonyl (C=O) groups is 1. The first-order chi connectivity index (χ1) is 12.3. The van der Waals surface area contributed by atoms with Crippen LogP contribution in [0.1, 0.15) is 37.8 Å². The summed E-state index contributed by atoms with van der Waals surface area (Å²) in [6, 6.07) is 7.98. The molecule has 0 aliphatic carbocycles. The molecule has 0 spiro atoms. The molecule has 7 heteroatoms. The second-order valence-electron chi connectivity index (χ2n) is 5.83. The van der Waals surface area contributed by atoms with Gasteiger partial charge in [0, 0.05) is 24.2 Å². The van der Waals surface area contributed by atoms with Crippen molar-refractivity contribution in [1.82, 2.24) is 10.3 Å². The lowest BCUT2D eigenvalue weighted by Crippen LogP contribution is -2.29. The van der Waals surface area contributed by atoms with Gasteiger partial charge in [0.1, 0.15) is 5.75 Å². The van der Waals surface area contributed by atoms with Crippen molar-refractivity contribution in [2.24, 2.45) is 5.92 Å². The summed E-state index contributed by atoms with van der Waals surface area (Å²) in [7, 11) is 0. The lowest BCUT2D eigenvalue weighted by molar-refractivity contribution is -0.137. The summed E-state index contributed by atoms with van der Waals surface area (Å²) in [5.41, 5.74) is -0.210. The molecule has 0 unspecified atom stereocenters. The Balaban J connectivity index is 2.13. The molecular formula is C19H21F3N2O2. The van der Waals surface area contributed by atoms with Crippen LogP contribution in [0.3, 0.4) is 0 Å². The second kappa shape index (κ2) is 8.69. The van der Waals surface area contributed by atoms with Crippen LogP contribution in [0.4, 0.5) is 13.2 Å². The van der Waals surface area contributed by atoms with Gasteiger partial charge in [-0.25, -0.2) is 4.98 Å². The molecule has 4 nitrogen and oxygen atoms in total. The molecule has 0 radical (unpaired) electrons. The molecule has 0 saturated heterocycles. The maximum Gasteiger partial charge on any atom is 0.416 e. The summed E-state index contributed by atoms with van der Waals surface area (Å²) in [4.78, 5) is 16.2. The molecule has 0 atom stereocenters. The number of carbonyl (C=O) groups excluding carboxylic acids is 1. The van der Waals surface area contributed by atoms with Gasteiger partial charge in [0.05, 0.1) is 5.56 Å². The fourth-order valence-electron chi connectivity index (χ4n) is 2.48. The van der Waals surface area contributed by atoms with Crippen molar-refractivity contribution in [3.63, 3.8) is 0 Å². The third-order valence-corrected chi connectivity index (χ3v) is 4.04. The van der Waals surface area contributed by atoms with Crippen LogP contribution in [0.25, 0.3) is 0 Å². The monoisotopic (exact) mass is 366 g/mol. The maximum atomic E-state index is 12.8. The van der Waals surface area contributed by atoms with Crippen molar-refractivity contribution in [3.8, 4) is 11.6 Å². The van der Waals surface area contributed by atoms with E-state index >= 15 is 0 Å². The van der Waals surface area contributed by atoms with Gasteiger partial charge in [0.2, 0.25) is 11.8 Å². The highest BCUT2D eigenvalue weighted by Crippen LogP contribution is 2.32. The predicted octanol–water partition coefficient (Wildman–Crippen LogP) is 4.95. The van der Waals surface area contributed by atoms with Gasteiger partial charge in [-0.1, -0.05) is 26.0 Å². The van der Waals surface area contributed by atoms with Crippen LogP contribution in [0.15, 0.2) is 42.6 Å². The zero-order valence-corrected chi connectivity index (χ0v) is 14.6. The zero-order chi connectivity index (χ0) is 19.2. The lowest BCUT2D eigenvalue weighted by Gasteiger charge is -2.15. The van der Waals surface area contributed by atoms with Crippen molar-refractivity contribution in [1.29, 1.82) is 0 Å². The second-order valence-corrected chi connectivity index (χ2v) is 5.83. The quantitative estimate of drug-likeness (QED) is 0.755. The highest BCUT2D eigenvalue weighted by molar-refractivity contribution is 5.78. The highest BCUT2D eigenvalue weighted by atomic mass is 19.4. The summed E-state index contributed by atoms with van der Waals surface area (Å²) < 4.78 is 44.0. The number of rotatable bonds is 7. The molecule has 1 amide bonds. The highest BCUT2D eigenvalue weighted by Gasteiger charge is 2.30. The van der Waals surface area contributed by atoms with Crippen molar-refractivity contribution in [3.05, 3.63) is 53.7 Å². The molecule has 0 bridgehead atoms. The van der Waals surface area contributed by atoms with E-state index in [1.54, 1.807) is 12.1 Å². The summed E-state index contributed by atoms with van der Waals surface area (Å²) in [6.07, 6.45) is -1.49. The first-order valence-electron chi connectivity index (χ1n) is 8.41. The Morgan fingerprint density at radius 1 is 1.19 bits per heavy atom. The van der Waals surface area contributed by atoms with E-state index in [9.17, 15) is 18.0 Å². The fraction of sp³-hybridized carbons (Fsp3) is 0.368. The SMILES string of the molecule is CCC(CC)C(=O)NCc1cccnc1Oc1cccc(C(F)(F)F)c1. The number of halogens is 3. The number of ether oxygens (including phenoxy) is 1. The number of hydrogen-bond donors (Lipinski definition) is 1. The van der Waals surface area contributed by atoms with Gasteiger partial charge in [0.25, 0.3) is 0 Å². The molecule has 2 rings (SSSR count). The van der Waals surface area contributed by atoms with Crippen LogP contribution < -0.4 is 10.1 Å². The summed E-state index contributed by atoms with van der Waals surface area (Å²) in [5, 5.41) is 2.82. The van der Waals surface area contributed by atoms with E-state index in [0.717, 1.165) is 25.0 Å². The van der Waals surface area contributed by atoms with E-state index < -0.39 is 11.7 Å². The van der Waals surface area contributed by atoms with Gasteiger partial charge >= 0.3 is 6.18 Å². The Morgan fingerprint density at radius 2 is 1.92 bits per heavy atom. The minimum atomic E-state index is -4.45. The number of nitrogens with zero attached hydrogens (tertiary/aromatic N) is 1. The molecule has 1 heterocycles. The number of nitrogens with one attached hydrogen (secondary N) is 1. The van der Waals surface area contributed by atoms with Gasteiger partial charge in [-0.2, -0.15) is 13.2 Å². The van der Waals surface area contributed by atoms with Crippen molar-refractivity contribution in [2.75, 3.05) is 0 Å². The van der Waals surface area contributed by atoms with E-state index in [1.165, 1.54) is 18.3 Å². The molecule has 2 aromatic rings. The summed E-state index contributed by atoms with van der Waals surface area (Å²) >= 11 is 0. The Labute approximate surface area is 150 Å². The molecule has 1 N–H and O–H groups in total. The first kappa shape index (κ1) is 19.8. The maximum absolute atomic E-state index is 12.8. The average Bonchev–Trinajstić information content (AvgIpc) is 2.61. The summed E-state index contributed by atoms with van der Waals surface area (Å²) in [6.45, 7) is 4.08. The minimum Gasteiger partial charge on any atom is -0.439 e. The van der Waals surface area contributed by atoms with Crippen LogP contribution >= 0.6 is 0 Å². The summed E-state index contributed by atoms with van der Waals surface area (Å²) in [5.74, 6) is 0.0612. The first-order valence-corrected chi connectivity index (χ1v) is 8.41. The fourth-order valence-corrected chi connectivity index (χ4v) is 2.48. The smallest absolute Gasteiger partial charge is 0.416 e. The molecule has 1 aromatic carbocycles. The van der Waals surface area contributed by atoms with Crippen LogP contribution in [-0.4, -0.2) is 10.9 Å². The van der Waals surface area contributed by atoms with Crippen molar-refractivity contribution < 1.29 is 22.7 Å². The Bertz CT molecular complexity index is 744. The van der Waals surface area contributed by atoms with Crippen LogP contribution in [0.5, 0.6) is 11.6 Å². The minimum absolute atomic E-state index is 0.0334. The molecule has 0 saturated carbocycles. The van der Waals surface area contributed by atoms with Gasteiger partial charge in [0.15, 0.2) is 0 Å². The lowest BCUT2D eigenvalue weighted by atomic mass is 10.0. The molecule has 0 aliphatic rings. The Kier molecular flexibility index (Phi) is 6.60. The third-order valence-electron chi connectivity index (χ3n) is 4.04. The van der Waals surface area contributed by atoms with E-state index in [-0.39, 0.29) is 30.0 Å². The van der Waals surface area contributed by atoms with Crippen LogP contribution in [-0.2, 0) is 17.5 Å². The number of benzene rings is 1. The van der Waals surface area contributed by atoms with E-state index in [1.807, 2.05) is 13.8 Å². The number of pyridine rings is 1. The number of aromatic nitrogens is 1. The Morgan fingerprint density at radius 3 is 2.58 bits per heavy atom. The van der Waals surface area contributed by atoms with E-state index in [2.05, 4.69) is 10.3 Å². The molecule has 0 aliphatic heterocycles. The topological polar surface area (TPSA) is 51.2 Å². The number of amides is 1. The van der Waals surface area contributed by atoms with Gasteiger partial charge < -0.3 is 10.1 Å². The molecular weight excluding hydrogens is 345 g/mol. The number of alkyl halides is 3. The molecule has 0 fully saturated rings.